The van der Waals surface area contributed by atoms with Gasteiger partial charge in [0.05, 0.1) is 19.2 Å². The zero-order chi connectivity index (χ0) is 18.5. The third-order valence-corrected chi connectivity index (χ3v) is 3.89. The molecule has 2 aromatic rings. The highest BCUT2D eigenvalue weighted by Crippen LogP contribution is 2.32. The van der Waals surface area contributed by atoms with Gasteiger partial charge in [0.15, 0.2) is 11.5 Å². The van der Waals surface area contributed by atoms with Crippen molar-refractivity contribution in [2.24, 2.45) is 0 Å². The molecule has 0 aliphatic carbocycles. The molecule has 0 saturated carbocycles. The van der Waals surface area contributed by atoms with E-state index >= 15 is 0 Å². The molecule has 1 heterocycles. The van der Waals surface area contributed by atoms with Gasteiger partial charge in [-0.1, -0.05) is 6.07 Å². The molecule has 26 heavy (non-hydrogen) atoms. The number of likely N-dealkylation sites (N-methyl/N-ethyl adjacent to an activating group) is 1. The lowest BCUT2D eigenvalue weighted by atomic mass is 10.2. The Hall–Kier alpha value is -3.06. The molecule has 1 N–H and O–H groups in total. The standard InChI is InChI=1S/C19H20N2O5/c1-21(10-13-3-8-16-17(9-13)26-12-25-16)11-18(22)20-15-6-4-14(5-7-15)19(23)24-2/h3-9H,10-12H2,1-2H3,(H,20,22). The van der Waals surface area contributed by atoms with Crippen LogP contribution in [0.2, 0.25) is 0 Å². The summed E-state index contributed by atoms with van der Waals surface area (Å²) < 4.78 is 15.3. The Balaban J connectivity index is 1.52. The van der Waals surface area contributed by atoms with Gasteiger partial charge in [-0.15, -0.1) is 0 Å². The summed E-state index contributed by atoms with van der Waals surface area (Å²) in [4.78, 5) is 25.5. The second-order valence-electron chi connectivity index (χ2n) is 5.98. The second kappa shape index (κ2) is 7.88. The van der Waals surface area contributed by atoms with Crippen LogP contribution in [0.5, 0.6) is 11.5 Å². The molecule has 1 amide bonds. The number of carbonyl (C=O) groups is 2. The molecule has 0 bridgehead atoms. The Morgan fingerprint density at radius 2 is 1.85 bits per heavy atom. The monoisotopic (exact) mass is 356 g/mol. The van der Waals surface area contributed by atoms with Crippen molar-refractivity contribution in [2.75, 3.05) is 32.8 Å². The highest BCUT2D eigenvalue weighted by molar-refractivity contribution is 5.93. The molecule has 1 aliphatic heterocycles. The first kappa shape index (κ1) is 17.8. The molecule has 1 aliphatic rings. The van der Waals surface area contributed by atoms with Crippen molar-refractivity contribution in [3.05, 3.63) is 53.6 Å². The minimum atomic E-state index is -0.411. The second-order valence-corrected chi connectivity index (χ2v) is 5.98. The lowest BCUT2D eigenvalue weighted by molar-refractivity contribution is -0.117. The molecule has 0 fully saturated rings. The summed E-state index contributed by atoms with van der Waals surface area (Å²) in [5.74, 6) is 0.918. The summed E-state index contributed by atoms with van der Waals surface area (Å²) in [6, 6.07) is 12.3. The van der Waals surface area contributed by atoms with Gasteiger partial charge in [0.1, 0.15) is 0 Å². The first-order chi connectivity index (χ1) is 12.5. The van der Waals surface area contributed by atoms with Crippen LogP contribution in [0, 0.1) is 0 Å². The molecule has 2 aromatic carbocycles. The first-order valence-corrected chi connectivity index (χ1v) is 8.10. The average Bonchev–Trinajstić information content (AvgIpc) is 3.09. The van der Waals surface area contributed by atoms with Crippen LogP contribution in [0.1, 0.15) is 15.9 Å². The zero-order valence-electron chi connectivity index (χ0n) is 14.7. The van der Waals surface area contributed by atoms with Gasteiger partial charge in [-0.05, 0) is 49.0 Å². The minimum Gasteiger partial charge on any atom is -0.465 e. The normalized spacial score (nSPS) is 12.1. The Labute approximate surface area is 151 Å². The van der Waals surface area contributed by atoms with Crippen molar-refractivity contribution < 1.29 is 23.8 Å². The molecule has 0 aromatic heterocycles. The fourth-order valence-electron chi connectivity index (χ4n) is 2.66. The molecule has 0 radical (unpaired) electrons. The van der Waals surface area contributed by atoms with Gasteiger partial charge in [0.2, 0.25) is 12.7 Å². The maximum absolute atomic E-state index is 12.2. The van der Waals surface area contributed by atoms with E-state index in [0.29, 0.717) is 17.8 Å². The number of ether oxygens (including phenoxy) is 3. The topological polar surface area (TPSA) is 77.1 Å². The summed E-state index contributed by atoms with van der Waals surface area (Å²) >= 11 is 0. The van der Waals surface area contributed by atoms with E-state index in [1.54, 1.807) is 24.3 Å². The van der Waals surface area contributed by atoms with Crippen LogP contribution < -0.4 is 14.8 Å². The van der Waals surface area contributed by atoms with E-state index in [4.69, 9.17) is 9.47 Å². The smallest absolute Gasteiger partial charge is 0.337 e. The number of amides is 1. The summed E-state index contributed by atoms with van der Waals surface area (Å²) in [7, 11) is 3.19. The van der Waals surface area contributed by atoms with Gasteiger partial charge in [0.25, 0.3) is 0 Å². The lowest BCUT2D eigenvalue weighted by Crippen LogP contribution is -2.29. The van der Waals surface area contributed by atoms with Crippen LogP contribution >= 0.6 is 0 Å². The predicted octanol–water partition coefficient (Wildman–Crippen LogP) is 2.27. The van der Waals surface area contributed by atoms with Crippen molar-refractivity contribution in [3.63, 3.8) is 0 Å². The Bertz CT molecular complexity index is 804. The molecule has 0 spiro atoms. The van der Waals surface area contributed by atoms with E-state index < -0.39 is 5.97 Å². The number of anilines is 1. The molecular formula is C19H20N2O5. The van der Waals surface area contributed by atoms with E-state index in [1.165, 1.54) is 7.11 Å². The van der Waals surface area contributed by atoms with Gasteiger partial charge >= 0.3 is 5.97 Å². The van der Waals surface area contributed by atoms with E-state index in [1.807, 2.05) is 30.1 Å². The number of rotatable bonds is 6. The van der Waals surface area contributed by atoms with Gasteiger partial charge in [-0.3, -0.25) is 9.69 Å². The number of hydrogen-bond donors (Lipinski definition) is 1. The van der Waals surface area contributed by atoms with E-state index in [9.17, 15) is 9.59 Å². The van der Waals surface area contributed by atoms with Crippen molar-refractivity contribution in [3.8, 4) is 11.5 Å². The number of benzene rings is 2. The van der Waals surface area contributed by atoms with Crippen molar-refractivity contribution in [2.45, 2.75) is 6.54 Å². The summed E-state index contributed by atoms with van der Waals surface area (Å²) in [5.41, 5.74) is 2.09. The molecule has 7 heteroatoms. The third kappa shape index (κ3) is 4.31. The summed E-state index contributed by atoms with van der Waals surface area (Å²) in [6.07, 6.45) is 0. The maximum Gasteiger partial charge on any atom is 0.337 e. The average molecular weight is 356 g/mol. The van der Waals surface area contributed by atoms with Crippen molar-refractivity contribution in [1.82, 2.24) is 4.90 Å². The Morgan fingerprint density at radius 1 is 1.12 bits per heavy atom. The van der Waals surface area contributed by atoms with Gasteiger partial charge < -0.3 is 19.5 Å². The third-order valence-electron chi connectivity index (χ3n) is 3.89. The number of methoxy groups -OCH3 is 1. The maximum atomic E-state index is 12.2. The van der Waals surface area contributed by atoms with Crippen LogP contribution in [0.25, 0.3) is 0 Å². The number of carbonyl (C=O) groups excluding carboxylic acids is 2. The molecule has 3 rings (SSSR count). The number of nitrogens with one attached hydrogen (secondary N) is 1. The summed E-state index contributed by atoms with van der Waals surface area (Å²) in [6.45, 7) is 1.07. The lowest BCUT2D eigenvalue weighted by Gasteiger charge is -2.16. The van der Waals surface area contributed by atoms with Gasteiger partial charge in [0, 0.05) is 12.2 Å². The Kier molecular flexibility index (Phi) is 5.38. The fraction of sp³-hybridized carbons (Fsp3) is 0.263. The van der Waals surface area contributed by atoms with Gasteiger partial charge in [-0.2, -0.15) is 0 Å². The molecule has 136 valence electrons. The van der Waals surface area contributed by atoms with E-state index in [-0.39, 0.29) is 19.2 Å². The quantitative estimate of drug-likeness (QED) is 0.800. The molecular weight excluding hydrogens is 336 g/mol. The molecule has 0 atom stereocenters. The van der Waals surface area contributed by atoms with Crippen molar-refractivity contribution in [1.29, 1.82) is 0 Å². The molecule has 0 unspecified atom stereocenters. The number of nitrogens with zero attached hydrogens (tertiary/aromatic N) is 1. The number of esters is 1. The van der Waals surface area contributed by atoms with Crippen LogP contribution in [0.15, 0.2) is 42.5 Å². The van der Waals surface area contributed by atoms with Crippen molar-refractivity contribution >= 4 is 17.6 Å². The highest BCUT2D eigenvalue weighted by atomic mass is 16.7. The van der Waals surface area contributed by atoms with Crippen LogP contribution in [0.3, 0.4) is 0 Å². The molecule has 7 nitrogen and oxygen atoms in total. The fourth-order valence-corrected chi connectivity index (χ4v) is 2.66. The Morgan fingerprint density at radius 3 is 2.58 bits per heavy atom. The highest BCUT2D eigenvalue weighted by Gasteiger charge is 2.14. The van der Waals surface area contributed by atoms with Crippen LogP contribution in [-0.4, -0.2) is 44.3 Å². The van der Waals surface area contributed by atoms with E-state index in [0.717, 1.165) is 17.1 Å². The number of fused-ring (bicyclic) bond motifs is 1. The van der Waals surface area contributed by atoms with E-state index in [2.05, 4.69) is 10.1 Å². The van der Waals surface area contributed by atoms with Crippen LogP contribution in [0.4, 0.5) is 5.69 Å². The van der Waals surface area contributed by atoms with Crippen LogP contribution in [-0.2, 0) is 16.1 Å². The SMILES string of the molecule is COC(=O)c1ccc(NC(=O)CN(C)Cc2ccc3c(c2)OCO3)cc1. The van der Waals surface area contributed by atoms with Gasteiger partial charge in [-0.25, -0.2) is 4.79 Å². The zero-order valence-corrected chi connectivity index (χ0v) is 14.7. The predicted molar refractivity (Wildman–Crippen MR) is 95.3 cm³/mol. The minimum absolute atomic E-state index is 0.140. The summed E-state index contributed by atoms with van der Waals surface area (Å²) in [5, 5.41) is 2.81. The molecule has 0 saturated heterocycles. The number of hydrogen-bond acceptors (Lipinski definition) is 6. The first-order valence-electron chi connectivity index (χ1n) is 8.10. The largest absolute Gasteiger partial charge is 0.465 e.